The van der Waals surface area contributed by atoms with E-state index in [4.69, 9.17) is 4.74 Å². The van der Waals surface area contributed by atoms with E-state index in [1.54, 1.807) is 24.8 Å². The molecule has 0 aliphatic rings. The minimum Gasteiger partial charge on any atom is -0.480 e. The molecule has 4 aromatic rings. The van der Waals surface area contributed by atoms with Gasteiger partial charge in [0.05, 0.1) is 0 Å². The molecule has 7 heteroatoms. The summed E-state index contributed by atoms with van der Waals surface area (Å²) in [6.07, 6.45) is 1.17. The summed E-state index contributed by atoms with van der Waals surface area (Å²) in [4.78, 5) is 0. The molecule has 1 atom stereocenters. The molecule has 0 aliphatic heterocycles. The van der Waals surface area contributed by atoms with Crippen molar-refractivity contribution in [2.45, 2.75) is 30.5 Å². The number of ether oxygens (including phenoxy) is 1. The van der Waals surface area contributed by atoms with E-state index in [9.17, 15) is 8.78 Å². The van der Waals surface area contributed by atoms with Crippen molar-refractivity contribution in [1.82, 2.24) is 14.8 Å². The Kier molecular flexibility index (Phi) is 6.32. The van der Waals surface area contributed by atoms with E-state index in [0.29, 0.717) is 12.4 Å². The van der Waals surface area contributed by atoms with Gasteiger partial charge in [0.25, 0.3) is 0 Å². The van der Waals surface area contributed by atoms with Gasteiger partial charge in [-0.3, -0.25) is 4.57 Å². The normalized spacial score (nSPS) is 12.1. The van der Waals surface area contributed by atoms with Gasteiger partial charge in [-0.1, -0.05) is 60.3 Å². The van der Waals surface area contributed by atoms with Crippen molar-refractivity contribution in [2.24, 2.45) is 0 Å². The number of halogens is 2. The smallest absolute Gasteiger partial charge is 0.191 e. The third-order valence-electron chi connectivity index (χ3n) is 4.86. The van der Waals surface area contributed by atoms with E-state index in [2.05, 4.69) is 41.0 Å². The summed E-state index contributed by atoms with van der Waals surface area (Å²) < 4.78 is 34.7. The molecule has 4 rings (SSSR count). The first-order valence-electron chi connectivity index (χ1n) is 9.82. The number of hydrogen-bond donors (Lipinski definition) is 0. The van der Waals surface area contributed by atoms with Crippen molar-refractivity contribution in [3.63, 3.8) is 0 Å². The Morgan fingerprint density at radius 2 is 1.90 bits per heavy atom. The highest BCUT2D eigenvalue weighted by Gasteiger charge is 2.20. The number of fused-ring (bicyclic) bond motifs is 1. The molecule has 1 unspecified atom stereocenters. The summed E-state index contributed by atoms with van der Waals surface area (Å²) in [5.74, 6) is -0.180. The number of aromatic nitrogens is 3. The first-order valence-corrected chi connectivity index (χ1v) is 10.8. The Balaban J connectivity index is 1.56. The molecule has 0 fully saturated rings. The van der Waals surface area contributed by atoms with Gasteiger partial charge in [0, 0.05) is 18.4 Å². The lowest BCUT2D eigenvalue weighted by atomic mass is 10.1. The zero-order valence-corrected chi connectivity index (χ0v) is 17.8. The molecule has 0 saturated carbocycles. The fourth-order valence-corrected chi connectivity index (χ4v) is 4.34. The van der Waals surface area contributed by atoms with Crippen LogP contribution in [-0.4, -0.2) is 14.8 Å². The fraction of sp³-hybridized carbons (Fsp3) is 0.167. The van der Waals surface area contributed by atoms with Crippen molar-refractivity contribution < 1.29 is 13.5 Å². The van der Waals surface area contributed by atoms with Gasteiger partial charge in [-0.15, -0.1) is 16.8 Å². The zero-order chi connectivity index (χ0) is 21.8. The largest absolute Gasteiger partial charge is 0.480 e. The summed E-state index contributed by atoms with van der Waals surface area (Å²) in [5, 5.41) is 11.7. The molecular weight excluding hydrogens is 416 g/mol. The van der Waals surface area contributed by atoms with Gasteiger partial charge < -0.3 is 4.74 Å². The van der Waals surface area contributed by atoms with Crippen molar-refractivity contribution in [3.05, 3.63) is 96.3 Å². The molecule has 0 saturated heterocycles. The fourth-order valence-electron chi connectivity index (χ4n) is 3.38. The lowest BCUT2D eigenvalue weighted by Crippen LogP contribution is -2.13. The highest BCUT2D eigenvalue weighted by Crippen LogP contribution is 2.30. The predicted octanol–water partition coefficient (Wildman–Crippen LogP) is 6.33. The topological polar surface area (TPSA) is 39.9 Å². The van der Waals surface area contributed by atoms with Crippen molar-refractivity contribution in [2.75, 3.05) is 0 Å². The van der Waals surface area contributed by atoms with E-state index in [0.717, 1.165) is 23.0 Å². The van der Waals surface area contributed by atoms with Gasteiger partial charge in [0.15, 0.2) is 28.7 Å². The molecule has 0 radical (unpaired) electrons. The average molecular weight is 438 g/mol. The number of thioether (sulfide) groups is 1. The molecule has 1 aromatic heterocycles. The Morgan fingerprint density at radius 3 is 2.71 bits per heavy atom. The SMILES string of the molecule is C=CCn1c(SCc2cccc3ccccc23)nnc1C(C)Oc1ccc(F)cc1F. The summed E-state index contributed by atoms with van der Waals surface area (Å²) in [6.45, 7) is 6.06. The Labute approximate surface area is 183 Å². The van der Waals surface area contributed by atoms with Crippen molar-refractivity contribution in [3.8, 4) is 5.75 Å². The molecule has 158 valence electrons. The van der Waals surface area contributed by atoms with Gasteiger partial charge in [0.2, 0.25) is 0 Å². The minimum atomic E-state index is -0.757. The number of hydrogen-bond acceptors (Lipinski definition) is 4. The number of allylic oxidation sites excluding steroid dienone is 1. The molecule has 0 aliphatic carbocycles. The maximum atomic E-state index is 14.0. The molecule has 1 heterocycles. The van der Waals surface area contributed by atoms with Crippen LogP contribution in [0.4, 0.5) is 8.78 Å². The molecule has 0 bridgehead atoms. The first-order chi connectivity index (χ1) is 15.1. The van der Waals surface area contributed by atoms with Crippen molar-refractivity contribution >= 4 is 22.5 Å². The number of nitrogens with zero attached hydrogens (tertiary/aromatic N) is 3. The van der Waals surface area contributed by atoms with E-state index in [1.807, 2.05) is 22.8 Å². The van der Waals surface area contributed by atoms with Crippen LogP contribution in [-0.2, 0) is 12.3 Å². The Hall–Kier alpha value is -3.19. The van der Waals surface area contributed by atoms with Gasteiger partial charge in [-0.2, -0.15) is 0 Å². The Bertz CT molecular complexity index is 1220. The van der Waals surface area contributed by atoms with E-state index >= 15 is 0 Å². The van der Waals surface area contributed by atoms with Crippen LogP contribution in [0.3, 0.4) is 0 Å². The van der Waals surface area contributed by atoms with Crippen LogP contribution in [0, 0.1) is 11.6 Å². The van der Waals surface area contributed by atoms with Gasteiger partial charge >= 0.3 is 0 Å². The average Bonchev–Trinajstić information content (AvgIpc) is 3.17. The highest BCUT2D eigenvalue weighted by atomic mass is 32.2. The lowest BCUT2D eigenvalue weighted by Gasteiger charge is -2.16. The summed E-state index contributed by atoms with van der Waals surface area (Å²) >= 11 is 1.57. The second kappa shape index (κ2) is 9.31. The third-order valence-corrected chi connectivity index (χ3v) is 5.87. The maximum absolute atomic E-state index is 14.0. The second-order valence-electron chi connectivity index (χ2n) is 7.00. The summed E-state index contributed by atoms with van der Waals surface area (Å²) in [6, 6.07) is 17.7. The quantitative estimate of drug-likeness (QED) is 0.239. The zero-order valence-electron chi connectivity index (χ0n) is 17.0. The van der Waals surface area contributed by atoms with Crippen LogP contribution in [0.15, 0.2) is 78.5 Å². The van der Waals surface area contributed by atoms with Crippen LogP contribution in [0.2, 0.25) is 0 Å². The number of benzene rings is 3. The Morgan fingerprint density at radius 1 is 1.10 bits per heavy atom. The van der Waals surface area contributed by atoms with E-state index in [-0.39, 0.29) is 5.75 Å². The maximum Gasteiger partial charge on any atom is 0.191 e. The van der Waals surface area contributed by atoms with Gasteiger partial charge in [-0.25, -0.2) is 8.78 Å². The van der Waals surface area contributed by atoms with Gasteiger partial charge in [0.1, 0.15) is 5.82 Å². The van der Waals surface area contributed by atoms with E-state index in [1.165, 1.54) is 22.4 Å². The monoisotopic (exact) mass is 437 g/mol. The molecule has 0 N–H and O–H groups in total. The highest BCUT2D eigenvalue weighted by molar-refractivity contribution is 7.98. The minimum absolute atomic E-state index is 0.0352. The van der Waals surface area contributed by atoms with Gasteiger partial charge in [-0.05, 0) is 35.4 Å². The third kappa shape index (κ3) is 4.61. The second-order valence-corrected chi connectivity index (χ2v) is 7.94. The molecular formula is C24H21F2N3OS. The molecule has 4 nitrogen and oxygen atoms in total. The molecule has 0 amide bonds. The predicted molar refractivity (Wildman–Crippen MR) is 119 cm³/mol. The first kappa shape index (κ1) is 21.1. The lowest BCUT2D eigenvalue weighted by molar-refractivity contribution is 0.200. The van der Waals surface area contributed by atoms with Crippen LogP contribution in [0.5, 0.6) is 5.75 Å². The van der Waals surface area contributed by atoms with Crippen LogP contribution in [0.1, 0.15) is 24.4 Å². The molecule has 3 aromatic carbocycles. The summed E-state index contributed by atoms with van der Waals surface area (Å²) in [5.41, 5.74) is 1.20. The number of rotatable bonds is 8. The molecule has 0 spiro atoms. The standard InChI is InChI=1S/C24H21F2N3OS/c1-3-13-29-23(16(2)30-22-12-11-19(25)14-21(22)26)27-28-24(29)31-15-18-9-6-8-17-7-4-5-10-20(17)18/h3-12,14,16H,1,13,15H2,2H3. The van der Waals surface area contributed by atoms with E-state index < -0.39 is 17.7 Å². The van der Waals surface area contributed by atoms with Crippen LogP contribution < -0.4 is 4.74 Å². The van der Waals surface area contributed by atoms with Crippen molar-refractivity contribution in [1.29, 1.82) is 0 Å². The van der Waals surface area contributed by atoms with Crippen LogP contribution in [0.25, 0.3) is 10.8 Å². The van der Waals surface area contributed by atoms with Crippen LogP contribution >= 0.6 is 11.8 Å². The summed E-state index contributed by atoms with van der Waals surface area (Å²) in [7, 11) is 0. The molecule has 31 heavy (non-hydrogen) atoms.